The van der Waals surface area contributed by atoms with Gasteiger partial charge < -0.3 is 10.1 Å². The lowest BCUT2D eigenvalue weighted by atomic mass is 10.2. The van der Waals surface area contributed by atoms with E-state index < -0.39 is 34.0 Å². The Labute approximate surface area is 126 Å². The van der Waals surface area contributed by atoms with Crippen LogP contribution in [0.4, 0.5) is 14.7 Å². The molecule has 1 heterocycles. The summed E-state index contributed by atoms with van der Waals surface area (Å²) >= 11 is 0. The van der Waals surface area contributed by atoms with Crippen molar-refractivity contribution in [3.8, 4) is 0 Å². The number of benzene rings is 1. The van der Waals surface area contributed by atoms with E-state index >= 15 is 0 Å². The summed E-state index contributed by atoms with van der Waals surface area (Å²) in [4.78, 5) is 22.2. The van der Waals surface area contributed by atoms with Crippen molar-refractivity contribution in [2.75, 3.05) is 0 Å². The van der Waals surface area contributed by atoms with Gasteiger partial charge in [0.15, 0.2) is 0 Å². The topological polar surface area (TPSA) is 128 Å². The number of tetrazole rings is 1. The normalized spacial score (nSPS) is 11.3. The summed E-state index contributed by atoms with van der Waals surface area (Å²) in [6, 6.07) is 3.00. The Bertz CT molecular complexity index is 769. The Morgan fingerprint density at radius 3 is 2.65 bits per heavy atom. The maximum atomic E-state index is 13.4. The number of aromatic nitrogens is 4. The molecule has 10 nitrogen and oxygen atoms in total. The standard InChI is InChI=1S/C11H9F2N7O3/c1-6(5-19-17-11(16-18-19)20(22)23)14-15-10(21)9-7(12)3-2-4-8(9)13/h2-4H,5H2,1H3,(H,15,21). The van der Waals surface area contributed by atoms with Crippen LogP contribution in [0.3, 0.4) is 0 Å². The average Bonchev–Trinajstić information content (AvgIpc) is 2.93. The number of nitro groups is 1. The van der Waals surface area contributed by atoms with Gasteiger partial charge in [-0.3, -0.25) is 4.79 Å². The number of hydrazone groups is 1. The maximum absolute atomic E-state index is 13.4. The molecular formula is C11H9F2N7O3. The number of hydrogen-bond donors (Lipinski definition) is 1. The van der Waals surface area contributed by atoms with Crippen LogP contribution in [0.2, 0.25) is 0 Å². The summed E-state index contributed by atoms with van der Waals surface area (Å²) in [5, 5.41) is 24.1. The lowest BCUT2D eigenvalue weighted by Crippen LogP contribution is -2.23. The van der Waals surface area contributed by atoms with Crippen LogP contribution < -0.4 is 5.43 Å². The van der Waals surface area contributed by atoms with Crippen molar-refractivity contribution in [3.63, 3.8) is 0 Å². The first kappa shape index (κ1) is 16.1. The van der Waals surface area contributed by atoms with Gasteiger partial charge in [0.05, 0.1) is 15.9 Å². The molecule has 0 aliphatic rings. The van der Waals surface area contributed by atoms with Gasteiger partial charge in [-0.25, -0.2) is 14.2 Å². The van der Waals surface area contributed by atoms with E-state index in [1.54, 1.807) is 0 Å². The second-order valence-corrected chi connectivity index (χ2v) is 4.26. The molecular weight excluding hydrogens is 316 g/mol. The highest BCUT2D eigenvalue weighted by Crippen LogP contribution is 2.11. The highest BCUT2D eigenvalue weighted by Gasteiger charge is 2.17. The van der Waals surface area contributed by atoms with Gasteiger partial charge in [-0.05, 0) is 24.0 Å². The Morgan fingerprint density at radius 1 is 1.43 bits per heavy atom. The fourth-order valence-corrected chi connectivity index (χ4v) is 1.53. The third-order valence-corrected chi connectivity index (χ3v) is 2.51. The SMILES string of the molecule is CC(Cn1nnc([N+](=O)[O-])n1)=NNC(=O)c1c(F)cccc1F. The second kappa shape index (κ2) is 6.64. The van der Waals surface area contributed by atoms with E-state index in [1.807, 2.05) is 5.43 Å². The number of halogens is 2. The van der Waals surface area contributed by atoms with Gasteiger partial charge in [-0.1, -0.05) is 10.9 Å². The molecule has 0 saturated heterocycles. The first-order valence-corrected chi connectivity index (χ1v) is 6.08. The van der Waals surface area contributed by atoms with Crippen molar-refractivity contribution in [2.24, 2.45) is 5.10 Å². The van der Waals surface area contributed by atoms with Crippen LogP contribution in [0.15, 0.2) is 23.3 Å². The summed E-state index contributed by atoms with van der Waals surface area (Å²) in [5.41, 5.74) is 1.44. The summed E-state index contributed by atoms with van der Waals surface area (Å²) in [7, 11) is 0. The molecule has 0 spiro atoms. The summed E-state index contributed by atoms with van der Waals surface area (Å²) in [6.07, 6.45) is 0. The fourth-order valence-electron chi connectivity index (χ4n) is 1.53. The van der Waals surface area contributed by atoms with Crippen molar-refractivity contribution >= 4 is 17.6 Å². The van der Waals surface area contributed by atoms with Crippen LogP contribution in [0.5, 0.6) is 0 Å². The molecule has 0 atom stereocenters. The van der Waals surface area contributed by atoms with E-state index in [-0.39, 0.29) is 12.3 Å². The van der Waals surface area contributed by atoms with E-state index in [1.165, 1.54) is 6.92 Å². The van der Waals surface area contributed by atoms with Crippen LogP contribution >= 0.6 is 0 Å². The molecule has 23 heavy (non-hydrogen) atoms. The van der Waals surface area contributed by atoms with Crippen LogP contribution in [0.25, 0.3) is 0 Å². The van der Waals surface area contributed by atoms with Gasteiger partial charge in [-0.15, -0.1) is 0 Å². The Balaban J connectivity index is 2.04. The van der Waals surface area contributed by atoms with E-state index in [0.717, 1.165) is 23.0 Å². The highest BCUT2D eigenvalue weighted by atomic mass is 19.1. The molecule has 0 aliphatic heterocycles. The minimum Gasteiger partial charge on any atom is -0.390 e. The predicted octanol–water partition coefficient (Wildman–Crippen LogP) is 0.665. The van der Waals surface area contributed by atoms with Gasteiger partial charge in [-0.2, -0.15) is 5.10 Å². The first-order valence-electron chi connectivity index (χ1n) is 6.08. The quantitative estimate of drug-likeness (QED) is 0.488. The highest BCUT2D eigenvalue weighted by molar-refractivity contribution is 5.95. The molecule has 2 aromatic rings. The van der Waals surface area contributed by atoms with Gasteiger partial charge >= 0.3 is 5.95 Å². The molecule has 1 N–H and O–H groups in total. The van der Waals surface area contributed by atoms with Crippen molar-refractivity contribution in [3.05, 3.63) is 45.5 Å². The van der Waals surface area contributed by atoms with Crippen molar-refractivity contribution in [1.82, 2.24) is 25.6 Å². The second-order valence-electron chi connectivity index (χ2n) is 4.26. The van der Waals surface area contributed by atoms with Crippen LogP contribution in [0, 0.1) is 21.7 Å². The molecule has 0 fully saturated rings. The summed E-state index contributed by atoms with van der Waals surface area (Å²) in [6.45, 7) is 1.34. The number of carbonyl (C=O) groups excluding carboxylic acids is 1. The Morgan fingerprint density at radius 2 is 2.09 bits per heavy atom. The molecule has 0 saturated carbocycles. The Hall–Kier alpha value is -3.31. The van der Waals surface area contributed by atoms with Crippen LogP contribution in [0.1, 0.15) is 17.3 Å². The number of nitrogens with one attached hydrogen (secondary N) is 1. The van der Waals surface area contributed by atoms with E-state index in [9.17, 15) is 23.7 Å². The number of carbonyl (C=O) groups is 1. The minimum atomic E-state index is -1.07. The number of nitrogens with zero attached hydrogens (tertiary/aromatic N) is 6. The van der Waals surface area contributed by atoms with Crippen LogP contribution in [-0.2, 0) is 6.54 Å². The van der Waals surface area contributed by atoms with Crippen molar-refractivity contribution < 1.29 is 18.5 Å². The molecule has 1 aromatic heterocycles. The molecule has 0 aliphatic carbocycles. The molecule has 1 amide bonds. The molecule has 0 bridgehead atoms. The third-order valence-electron chi connectivity index (χ3n) is 2.51. The number of hydrogen-bond acceptors (Lipinski definition) is 7. The minimum absolute atomic E-state index is 0.110. The molecule has 2 rings (SSSR count). The third kappa shape index (κ3) is 3.87. The maximum Gasteiger partial charge on any atom is 0.514 e. The smallest absolute Gasteiger partial charge is 0.390 e. The van der Waals surface area contributed by atoms with Gasteiger partial charge in [0.25, 0.3) is 5.91 Å². The van der Waals surface area contributed by atoms with Gasteiger partial charge in [0.2, 0.25) is 0 Å². The van der Waals surface area contributed by atoms with Crippen LogP contribution in [-0.4, -0.2) is 36.7 Å². The lowest BCUT2D eigenvalue weighted by molar-refractivity contribution is -0.394. The predicted molar refractivity (Wildman–Crippen MR) is 71.4 cm³/mol. The average molecular weight is 325 g/mol. The molecule has 0 unspecified atom stereocenters. The summed E-state index contributed by atoms with van der Waals surface area (Å²) < 4.78 is 26.8. The fraction of sp³-hybridized carbons (Fsp3) is 0.182. The van der Waals surface area contributed by atoms with Gasteiger partial charge in [0, 0.05) is 5.21 Å². The zero-order valence-electron chi connectivity index (χ0n) is 11.6. The van der Waals surface area contributed by atoms with Gasteiger partial charge in [0.1, 0.15) is 23.7 Å². The molecule has 120 valence electrons. The number of rotatable bonds is 5. The van der Waals surface area contributed by atoms with E-state index in [2.05, 4.69) is 20.5 Å². The zero-order chi connectivity index (χ0) is 17.0. The van der Waals surface area contributed by atoms with Crippen molar-refractivity contribution in [1.29, 1.82) is 0 Å². The largest absolute Gasteiger partial charge is 0.514 e. The molecule has 12 heteroatoms. The molecule has 1 aromatic carbocycles. The summed E-state index contributed by atoms with van der Waals surface area (Å²) in [5.74, 6) is -3.81. The van der Waals surface area contributed by atoms with E-state index in [4.69, 9.17) is 0 Å². The first-order chi connectivity index (χ1) is 10.9. The molecule has 0 radical (unpaired) electrons. The number of amides is 1. The lowest BCUT2D eigenvalue weighted by Gasteiger charge is -2.03. The Kier molecular flexibility index (Phi) is 4.64. The monoisotopic (exact) mass is 325 g/mol. The zero-order valence-corrected chi connectivity index (χ0v) is 11.6. The van der Waals surface area contributed by atoms with Crippen molar-refractivity contribution in [2.45, 2.75) is 13.5 Å². The van der Waals surface area contributed by atoms with E-state index in [0.29, 0.717) is 0 Å².